The lowest BCUT2D eigenvalue weighted by Gasteiger charge is -2.26. The third kappa shape index (κ3) is 5.21. The van der Waals surface area contributed by atoms with Gasteiger partial charge in [0.05, 0.1) is 14.2 Å². The predicted octanol–water partition coefficient (Wildman–Crippen LogP) is 8.11. The molecular weight excluding hydrogens is 462 g/mol. The van der Waals surface area contributed by atoms with Gasteiger partial charge in [0.1, 0.15) is 11.5 Å². The number of rotatable bonds is 7. The van der Waals surface area contributed by atoms with Crippen molar-refractivity contribution in [3.63, 3.8) is 0 Å². The van der Waals surface area contributed by atoms with E-state index in [2.05, 4.69) is 93.6 Å². The molecule has 4 rings (SSSR count). The van der Waals surface area contributed by atoms with Crippen LogP contribution < -0.4 is 14.4 Å². The maximum Gasteiger partial charge on any atom is 0.119 e. The fraction of sp³-hybridized carbons (Fsp3) is 0.0714. The van der Waals surface area contributed by atoms with Crippen LogP contribution in [0.3, 0.4) is 0 Å². The van der Waals surface area contributed by atoms with Gasteiger partial charge in [0, 0.05) is 21.5 Å². The van der Waals surface area contributed by atoms with Gasteiger partial charge in [0.15, 0.2) is 0 Å². The summed E-state index contributed by atoms with van der Waals surface area (Å²) < 4.78 is 11.7. The number of nitrogens with zero attached hydrogens (tertiary/aromatic N) is 1. The minimum atomic E-state index is 0.830. The second kappa shape index (κ2) is 10.2. The number of anilines is 3. The summed E-state index contributed by atoms with van der Waals surface area (Å²) in [5.74, 6) is 1.66. The second-order valence-corrected chi connectivity index (χ2v) is 8.13. The molecule has 0 saturated carbocycles. The molecule has 0 aliphatic carbocycles. The number of hydrogen-bond acceptors (Lipinski definition) is 3. The monoisotopic (exact) mass is 485 g/mol. The van der Waals surface area contributed by atoms with Crippen molar-refractivity contribution in [2.75, 3.05) is 19.1 Å². The molecule has 0 amide bonds. The number of methoxy groups -OCH3 is 2. The van der Waals surface area contributed by atoms with E-state index >= 15 is 0 Å². The Bertz CT molecular complexity index is 1140. The normalized spacial score (nSPS) is 10.8. The Hall–Kier alpha value is -3.50. The molecule has 0 saturated heterocycles. The van der Waals surface area contributed by atoms with E-state index in [1.165, 1.54) is 0 Å². The zero-order valence-electron chi connectivity index (χ0n) is 18.0. The second-order valence-electron chi connectivity index (χ2n) is 7.21. The van der Waals surface area contributed by atoms with Crippen molar-refractivity contribution in [2.24, 2.45) is 0 Å². The van der Waals surface area contributed by atoms with Crippen LogP contribution in [0.1, 0.15) is 11.1 Å². The van der Waals surface area contributed by atoms with Gasteiger partial charge >= 0.3 is 0 Å². The Kier molecular flexibility index (Phi) is 6.93. The van der Waals surface area contributed by atoms with E-state index < -0.39 is 0 Å². The molecule has 0 aliphatic rings. The first-order chi connectivity index (χ1) is 15.7. The number of ether oxygens (including phenoxy) is 2. The van der Waals surface area contributed by atoms with Crippen molar-refractivity contribution < 1.29 is 9.47 Å². The summed E-state index contributed by atoms with van der Waals surface area (Å²) in [6, 6.07) is 32.9. The SMILES string of the molecule is COc1ccc(N(c2ccc(/C=C/c3cccc(Br)c3)cc2)c2ccc(OC)cc2)cc1. The average Bonchev–Trinajstić information content (AvgIpc) is 2.84. The van der Waals surface area contributed by atoms with Crippen LogP contribution in [0.4, 0.5) is 17.1 Å². The molecule has 4 heteroatoms. The molecular formula is C28H24BrNO2. The summed E-state index contributed by atoms with van der Waals surface area (Å²) in [7, 11) is 3.35. The summed E-state index contributed by atoms with van der Waals surface area (Å²) in [6.07, 6.45) is 4.24. The van der Waals surface area contributed by atoms with Gasteiger partial charge in [-0.3, -0.25) is 0 Å². The zero-order valence-corrected chi connectivity index (χ0v) is 19.6. The Morgan fingerprint density at radius 1 is 0.594 bits per heavy atom. The highest BCUT2D eigenvalue weighted by molar-refractivity contribution is 9.10. The largest absolute Gasteiger partial charge is 0.497 e. The Morgan fingerprint density at radius 2 is 1.06 bits per heavy atom. The molecule has 3 nitrogen and oxygen atoms in total. The van der Waals surface area contributed by atoms with E-state index in [-0.39, 0.29) is 0 Å². The van der Waals surface area contributed by atoms with E-state index in [9.17, 15) is 0 Å². The highest BCUT2D eigenvalue weighted by atomic mass is 79.9. The third-order valence-corrected chi connectivity index (χ3v) is 5.62. The van der Waals surface area contributed by atoms with E-state index in [0.29, 0.717) is 0 Å². The number of benzene rings is 4. The highest BCUT2D eigenvalue weighted by Crippen LogP contribution is 2.36. The maximum absolute atomic E-state index is 5.33. The quantitative estimate of drug-likeness (QED) is 0.246. The van der Waals surface area contributed by atoms with Crippen molar-refractivity contribution in [2.45, 2.75) is 0 Å². The van der Waals surface area contributed by atoms with Crippen LogP contribution in [-0.4, -0.2) is 14.2 Å². The molecule has 0 fully saturated rings. The number of hydrogen-bond donors (Lipinski definition) is 0. The first kappa shape index (κ1) is 21.7. The summed E-state index contributed by atoms with van der Waals surface area (Å²) in [4.78, 5) is 2.21. The lowest BCUT2D eigenvalue weighted by atomic mass is 10.1. The van der Waals surface area contributed by atoms with Gasteiger partial charge in [0.2, 0.25) is 0 Å². The smallest absolute Gasteiger partial charge is 0.119 e. The molecule has 0 heterocycles. The van der Waals surface area contributed by atoms with Crippen molar-refractivity contribution in [3.8, 4) is 11.5 Å². The Balaban J connectivity index is 1.65. The first-order valence-corrected chi connectivity index (χ1v) is 11.1. The maximum atomic E-state index is 5.33. The molecule has 32 heavy (non-hydrogen) atoms. The molecule has 0 atom stereocenters. The fourth-order valence-corrected chi connectivity index (χ4v) is 3.86. The van der Waals surface area contributed by atoms with Crippen molar-refractivity contribution in [1.29, 1.82) is 0 Å². The topological polar surface area (TPSA) is 21.7 Å². The Morgan fingerprint density at radius 3 is 1.53 bits per heavy atom. The first-order valence-electron chi connectivity index (χ1n) is 10.3. The lowest BCUT2D eigenvalue weighted by molar-refractivity contribution is 0.415. The van der Waals surface area contributed by atoms with Crippen molar-refractivity contribution in [1.82, 2.24) is 0 Å². The van der Waals surface area contributed by atoms with Crippen LogP contribution in [0.5, 0.6) is 11.5 Å². The summed E-state index contributed by atoms with van der Waals surface area (Å²) in [6.45, 7) is 0. The average molecular weight is 486 g/mol. The molecule has 4 aromatic rings. The van der Waals surface area contributed by atoms with E-state index in [4.69, 9.17) is 9.47 Å². The van der Waals surface area contributed by atoms with Crippen LogP contribution in [-0.2, 0) is 0 Å². The van der Waals surface area contributed by atoms with Crippen LogP contribution in [0.2, 0.25) is 0 Å². The van der Waals surface area contributed by atoms with Gasteiger partial charge < -0.3 is 14.4 Å². The molecule has 0 aliphatic heterocycles. The van der Waals surface area contributed by atoms with Gasteiger partial charge in [-0.25, -0.2) is 0 Å². The summed E-state index contributed by atoms with van der Waals surface area (Å²) in [5.41, 5.74) is 5.46. The van der Waals surface area contributed by atoms with E-state index in [1.54, 1.807) is 14.2 Å². The molecule has 0 N–H and O–H groups in total. The van der Waals surface area contributed by atoms with Crippen LogP contribution in [0.25, 0.3) is 12.2 Å². The van der Waals surface area contributed by atoms with E-state index in [0.717, 1.165) is 44.2 Å². The molecule has 0 aromatic heterocycles. The molecule has 160 valence electrons. The summed E-state index contributed by atoms with van der Waals surface area (Å²) in [5, 5.41) is 0. The van der Waals surface area contributed by atoms with Gasteiger partial charge in [-0.05, 0) is 83.9 Å². The lowest BCUT2D eigenvalue weighted by Crippen LogP contribution is -2.09. The third-order valence-electron chi connectivity index (χ3n) is 5.13. The van der Waals surface area contributed by atoms with E-state index in [1.807, 2.05) is 36.4 Å². The van der Waals surface area contributed by atoms with Crippen molar-refractivity contribution >= 4 is 45.1 Å². The van der Waals surface area contributed by atoms with Crippen LogP contribution >= 0.6 is 15.9 Å². The molecule has 4 aromatic carbocycles. The van der Waals surface area contributed by atoms with Gasteiger partial charge in [-0.15, -0.1) is 0 Å². The van der Waals surface area contributed by atoms with Crippen molar-refractivity contribution in [3.05, 3.63) is 113 Å². The molecule has 0 radical (unpaired) electrons. The molecule has 0 unspecified atom stereocenters. The fourth-order valence-electron chi connectivity index (χ4n) is 3.45. The highest BCUT2D eigenvalue weighted by Gasteiger charge is 2.12. The minimum Gasteiger partial charge on any atom is -0.497 e. The standard InChI is InChI=1S/C28H24BrNO2/c1-31-27-16-12-25(13-17-27)30(26-14-18-28(32-2)19-15-26)24-10-8-21(9-11-24)6-7-22-4-3-5-23(29)20-22/h3-20H,1-2H3/b7-6+. The van der Waals surface area contributed by atoms with Gasteiger partial charge in [-0.1, -0.05) is 52.3 Å². The van der Waals surface area contributed by atoms with Crippen LogP contribution in [0, 0.1) is 0 Å². The molecule has 0 spiro atoms. The van der Waals surface area contributed by atoms with Crippen LogP contribution in [0.15, 0.2) is 102 Å². The summed E-state index contributed by atoms with van der Waals surface area (Å²) >= 11 is 3.52. The number of halogens is 1. The predicted molar refractivity (Wildman–Crippen MR) is 137 cm³/mol. The molecule has 0 bridgehead atoms. The van der Waals surface area contributed by atoms with Gasteiger partial charge in [0.25, 0.3) is 0 Å². The van der Waals surface area contributed by atoms with Gasteiger partial charge in [-0.2, -0.15) is 0 Å². The Labute approximate surface area is 197 Å². The minimum absolute atomic E-state index is 0.830. The zero-order chi connectivity index (χ0) is 22.3.